The predicted octanol–water partition coefficient (Wildman–Crippen LogP) is -1.21. The molecule has 0 aromatic carbocycles. The molecule has 1 saturated carbocycles. The zero-order valence-electron chi connectivity index (χ0n) is 8.05. The van der Waals surface area contributed by atoms with Crippen molar-refractivity contribution < 1.29 is 19.5 Å². The number of primary amides is 1. The standard InChI is InChI=1S/C9H12N2O4/c10-7(12)6-1-2-11(6)8(13)4-3-5(4)9(14)15/h4-6H,1-3H2,(H2,10,12)(H,14,15). The number of hydrogen-bond donors (Lipinski definition) is 2. The molecule has 2 fully saturated rings. The van der Waals surface area contributed by atoms with Crippen LogP contribution in [-0.4, -0.2) is 40.4 Å². The average Bonchev–Trinajstić information content (AvgIpc) is 2.77. The Morgan fingerprint density at radius 1 is 1.27 bits per heavy atom. The number of carboxylic acid groups (broad SMARTS) is 1. The number of nitrogens with zero attached hydrogens (tertiary/aromatic N) is 1. The van der Waals surface area contributed by atoms with Gasteiger partial charge in [-0.25, -0.2) is 0 Å². The van der Waals surface area contributed by atoms with Gasteiger partial charge in [-0.2, -0.15) is 0 Å². The molecule has 1 saturated heterocycles. The Morgan fingerprint density at radius 3 is 2.27 bits per heavy atom. The lowest BCUT2D eigenvalue weighted by Crippen LogP contribution is -2.57. The van der Waals surface area contributed by atoms with E-state index in [0.717, 1.165) is 0 Å². The van der Waals surface area contributed by atoms with E-state index in [-0.39, 0.29) is 5.91 Å². The molecule has 1 aliphatic heterocycles. The van der Waals surface area contributed by atoms with Crippen LogP contribution >= 0.6 is 0 Å². The number of amides is 2. The Kier molecular flexibility index (Phi) is 2.13. The van der Waals surface area contributed by atoms with Crippen molar-refractivity contribution in [1.82, 2.24) is 4.90 Å². The van der Waals surface area contributed by atoms with Crippen LogP contribution in [0, 0.1) is 11.8 Å². The second-order valence-electron chi connectivity index (χ2n) is 4.03. The average molecular weight is 212 g/mol. The minimum absolute atomic E-state index is 0.238. The molecule has 0 aromatic heterocycles. The van der Waals surface area contributed by atoms with Gasteiger partial charge in [0.2, 0.25) is 11.8 Å². The van der Waals surface area contributed by atoms with Gasteiger partial charge in [-0.05, 0) is 12.8 Å². The normalized spacial score (nSPS) is 33.1. The number of carbonyl (C=O) groups is 3. The predicted molar refractivity (Wildman–Crippen MR) is 48.5 cm³/mol. The van der Waals surface area contributed by atoms with Crippen LogP contribution in [0.15, 0.2) is 0 Å². The summed E-state index contributed by atoms with van der Waals surface area (Å²) in [6, 6.07) is -0.521. The van der Waals surface area contributed by atoms with Crippen molar-refractivity contribution in [1.29, 1.82) is 0 Å². The Hall–Kier alpha value is -1.59. The maximum absolute atomic E-state index is 11.7. The van der Waals surface area contributed by atoms with Gasteiger partial charge in [0.25, 0.3) is 0 Å². The van der Waals surface area contributed by atoms with E-state index in [1.807, 2.05) is 0 Å². The van der Waals surface area contributed by atoms with Crippen molar-refractivity contribution in [2.75, 3.05) is 6.54 Å². The summed E-state index contributed by atoms with van der Waals surface area (Å²) in [7, 11) is 0. The third kappa shape index (κ3) is 1.55. The first-order valence-electron chi connectivity index (χ1n) is 4.85. The maximum Gasteiger partial charge on any atom is 0.307 e. The maximum atomic E-state index is 11.7. The van der Waals surface area contributed by atoms with Gasteiger partial charge < -0.3 is 15.7 Å². The lowest BCUT2D eigenvalue weighted by Gasteiger charge is -2.38. The van der Waals surface area contributed by atoms with Crippen LogP contribution in [-0.2, 0) is 14.4 Å². The van der Waals surface area contributed by atoms with E-state index in [0.29, 0.717) is 19.4 Å². The van der Waals surface area contributed by atoms with Gasteiger partial charge in [0, 0.05) is 6.54 Å². The van der Waals surface area contributed by atoms with Gasteiger partial charge in [-0.3, -0.25) is 14.4 Å². The lowest BCUT2D eigenvalue weighted by atomic mass is 10.0. The summed E-state index contributed by atoms with van der Waals surface area (Å²) in [4.78, 5) is 34.5. The summed E-state index contributed by atoms with van der Waals surface area (Å²) in [5, 5.41) is 8.66. The highest BCUT2D eigenvalue weighted by molar-refractivity contribution is 5.93. The van der Waals surface area contributed by atoms with E-state index in [4.69, 9.17) is 10.8 Å². The molecule has 6 heteroatoms. The van der Waals surface area contributed by atoms with Crippen LogP contribution in [0.4, 0.5) is 0 Å². The first kappa shape index (κ1) is 9.95. The van der Waals surface area contributed by atoms with E-state index < -0.39 is 29.8 Å². The molecule has 82 valence electrons. The van der Waals surface area contributed by atoms with Gasteiger partial charge in [0.15, 0.2) is 0 Å². The summed E-state index contributed by atoms with van der Waals surface area (Å²) < 4.78 is 0. The fourth-order valence-electron chi connectivity index (χ4n) is 1.90. The minimum Gasteiger partial charge on any atom is -0.481 e. The fourth-order valence-corrected chi connectivity index (χ4v) is 1.90. The highest BCUT2D eigenvalue weighted by atomic mass is 16.4. The van der Waals surface area contributed by atoms with Gasteiger partial charge in [-0.15, -0.1) is 0 Å². The molecule has 3 N–H and O–H groups in total. The molecular weight excluding hydrogens is 200 g/mol. The van der Waals surface area contributed by atoms with Crippen molar-refractivity contribution in [3.63, 3.8) is 0 Å². The van der Waals surface area contributed by atoms with Gasteiger partial charge in [-0.1, -0.05) is 0 Å². The largest absolute Gasteiger partial charge is 0.481 e. The minimum atomic E-state index is -0.940. The molecule has 2 aliphatic rings. The van der Waals surface area contributed by atoms with E-state index in [2.05, 4.69) is 0 Å². The molecule has 0 bridgehead atoms. The quantitative estimate of drug-likeness (QED) is 0.613. The molecule has 0 radical (unpaired) electrons. The number of rotatable bonds is 3. The van der Waals surface area contributed by atoms with Crippen LogP contribution in [0.5, 0.6) is 0 Å². The van der Waals surface area contributed by atoms with E-state index in [1.54, 1.807) is 0 Å². The molecule has 3 unspecified atom stereocenters. The molecular formula is C9H12N2O4. The van der Waals surface area contributed by atoms with Crippen molar-refractivity contribution in [3.05, 3.63) is 0 Å². The monoisotopic (exact) mass is 212 g/mol. The van der Waals surface area contributed by atoms with Gasteiger partial charge in [0.1, 0.15) is 6.04 Å². The van der Waals surface area contributed by atoms with Gasteiger partial charge >= 0.3 is 5.97 Å². The SMILES string of the molecule is NC(=O)C1CCN1C(=O)C1CC1C(=O)O. The summed E-state index contributed by atoms with van der Waals surface area (Å²) in [5.41, 5.74) is 5.09. The van der Waals surface area contributed by atoms with E-state index in [1.165, 1.54) is 4.90 Å². The Balaban J connectivity index is 1.93. The number of nitrogens with two attached hydrogens (primary N) is 1. The van der Waals surface area contributed by atoms with Crippen molar-refractivity contribution in [2.24, 2.45) is 17.6 Å². The molecule has 1 aliphatic carbocycles. The number of aliphatic carboxylic acids is 1. The second-order valence-corrected chi connectivity index (χ2v) is 4.03. The smallest absolute Gasteiger partial charge is 0.307 e. The topological polar surface area (TPSA) is 101 Å². The van der Waals surface area contributed by atoms with E-state index in [9.17, 15) is 14.4 Å². The first-order chi connectivity index (χ1) is 7.02. The van der Waals surface area contributed by atoms with Crippen molar-refractivity contribution in [3.8, 4) is 0 Å². The van der Waals surface area contributed by atoms with Gasteiger partial charge in [0.05, 0.1) is 11.8 Å². The van der Waals surface area contributed by atoms with Crippen LogP contribution in [0.2, 0.25) is 0 Å². The zero-order valence-corrected chi connectivity index (χ0v) is 8.05. The highest BCUT2D eigenvalue weighted by Crippen LogP contribution is 2.41. The lowest BCUT2D eigenvalue weighted by molar-refractivity contribution is -0.149. The number of hydrogen-bond acceptors (Lipinski definition) is 3. The van der Waals surface area contributed by atoms with Crippen molar-refractivity contribution >= 4 is 17.8 Å². The third-order valence-electron chi connectivity index (χ3n) is 3.06. The number of likely N-dealkylation sites (tertiary alicyclic amines) is 1. The van der Waals surface area contributed by atoms with E-state index >= 15 is 0 Å². The Morgan fingerprint density at radius 2 is 1.93 bits per heavy atom. The third-order valence-corrected chi connectivity index (χ3v) is 3.06. The summed E-state index contributed by atoms with van der Waals surface area (Å²) >= 11 is 0. The molecule has 2 amide bonds. The second kappa shape index (κ2) is 3.22. The molecule has 6 nitrogen and oxygen atoms in total. The molecule has 3 atom stereocenters. The van der Waals surface area contributed by atoms with Crippen molar-refractivity contribution in [2.45, 2.75) is 18.9 Å². The molecule has 1 heterocycles. The summed E-state index contributed by atoms with van der Waals surface area (Å²) in [5.74, 6) is -2.69. The Labute approximate surface area is 86.0 Å². The first-order valence-corrected chi connectivity index (χ1v) is 4.85. The van der Waals surface area contributed by atoms with Crippen LogP contribution in [0.3, 0.4) is 0 Å². The van der Waals surface area contributed by atoms with Crippen LogP contribution < -0.4 is 5.73 Å². The van der Waals surface area contributed by atoms with Crippen LogP contribution in [0.1, 0.15) is 12.8 Å². The van der Waals surface area contributed by atoms with Crippen LogP contribution in [0.25, 0.3) is 0 Å². The zero-order chi connectivity index (χ0) is 11.2. The highest BCUT2D eigenvalue weighted by Gasteiger charge is 2.52. The molecule has 0 aromatic rings. The molecule has 15 heavy (non-hydrogen) atoms. The molecule has 2 rings (SSSR count). The number of carbonyl (C=O) groups excluding carboxylic acids is 2. The fraction of sp³-hybridized carbons (Fsp3) is 0.667. The summed E-state index contributed by atoms with van der Waals surface area (Å²) in [6.45, 7) is 0.509. The summed E-state index contributed by atoms with van der Waals surface area (Å²) in [6.07, 6.45) is 0.974. The number of carboxylic acids is 1. The molecule has 0 spiro atoms. The Bertz CT molecular complexity index is 341.